The molecule has 2 aliphatic rings. The Labute approximate surface area is 120 Å². The highest BCUT2D eigenvalue weighted by Crippen LogP contribution is 2.36. The summed E-state index contributed by atoms with van der Waals surface area (Å²) in [6, 6.07) is 3.01. The van der Waals surface area contributed by atoms with E-state index in [1.165, 1.54) is 44.3 Å². The predicted octanol–water partition coefficient (Wildman–Crippen LogP) is 2.14. The van der Waals surface area contributed by atoms with Crippen LogP contribution in [0, 0.1) is 0 Å². The van der Waals surface area contributed by atoms with Crippen LogP contribution in [0.15, 0.2) is 16.8 Å². The van der Waals surface area contributed by atoms with Crippen molar-refractivity contribution in [3.8, 4) is 0 Å². The second-order valence-corrected chi connectivity index (χ2v) is 6.98. The molecule has 3 nitrogen and oxygen atoms in total. The first-order valence-corrected chi connectivity index (χ1v) is 8.34. The fourth-order valence-corrected chi connectivity index (χ4v) is 4.49. The number of likely N-dealkylation sites (N-methyl/N-ethyl adjacent to an activating group) is 1. The van der Waals surface area contributed by atoms with E-state index in [1.54, 1.807) is 11.3 Å². The van der Waals surface area contributed by atoms with Crippen LogP contribution in [-0.4, -0.2) is 48.1 Å². The van der Waals surface area contributed by atoms with Crippen LogP contribution in [0.3, 0.4) is 0 Å². The summed E-state index contributed by atoms with van der Waals surface area (Å²) < 4.78 is 0. The maximum absolute atomic E-state index is 6.19. The third kappa shape index (κ3) is 2.59. The molecule has 0 amide bonds. The molecule has 1 aromatic heterocycles. The monoisotopic (exact) mass is 279 g/mol. The van der Waals surface area contributed by atoms with E-state index < -0.39 is 0 Å². The van der Waals surface area contributed by atoms with Crippen molar-refractivity contribution >= 4 is 11.3 Å². The smallest absolute Gasteiger partial charge is 0.0359 e. The van der Waals surface area contributed by atoms with E-state index in [9.17, 15) is 0 Å². The number of piperidine rings is 1. The maximum Gasteiger partial charge on any atom is 0.0359 e. The summed E-state index contributed by atoms with van der Waals surface area (Å²) in [6.45, 7) is 4.36. The SMILES string of the molecule is CN(Cc1ccsc1)C1(CN)CCN2CCCC2C1. The van der Waals surface area contributed by atoms with Gasteiger partial charge in [0.1, 0.15) is 0 Å². The van der Waals surface area contributed by atoms with Crippen molar-refractivity contribution in [3.63, 3.8) is 0 Å². The van der Waals surface area contributed by atoms with Crippen LogP contribution in [-0.2, 0) is 6.54 Å². The molecular weight excluding hydrogens is 254 g/mol. The number of hydrogen-bond donors (Lipinski definition) is 1. The molecule has 2 saturated heterocycles. The van der Waals surface area contributed by atoms with Gasteiger partial charge in [0.05, 0.1) is 0 Å². The summed E-state index contributed by atoms with van der Waals surface area (Å²) in [5.41, 5.74) is 7.83. The van der Waals surface area contributed by atoms with Gasteiger partial charge >= 0.3 is 0 Å². The van der Waals surface area contributed by atoms with E-state index in [2.05, 4.69) is 33.7 Å². The second kappa shape index (κ2) is 5.52. The fourth-order valence-electron chi connectivity index (χ4n) is 3.83. The largest absolute Gasteiger partial charge is 0.329 e. The maximum atomic E-state index is 6.19. The summed E-state index contributed by atoms with van der Waals surface area (Å²) in [5, 5.41) is 4.42. The van der Waals surface area contributed by atoms with Crippen LogP contribution in [0.25, 0.3) is 0 Å². The Morgan fingerprint density at radius 2 is 2.42 bits per heavy atom. The highest BCUT2D eigenvalue weighted by molar-refractivity contribution is 7.07. The van der Waals surface area contributed by atoms with E-state index in [0.717, 1.165) is 19.1 Å². The molecule has 0 spiro atoms. The standard InChI is InChI=1S/C15H25N3S/c1-17(10-13-4-8-19-11-13)15(12-16)5-7-18-6-2-3-14(18)9-15/h4,8,11,14H,2-3,5-7,9-10,12,16H2,1H3. The Bertz CT molecular complexity index is 406. The number of hydrogen-bond acceptors (Lipinski definition) is 4. The van der Waals surface area contributed by atoms with Gasteiger partial charge in [-0.25, -0.2) is 0 Å². The van der Waals surface area contributed by atoms with Crippen molar-refractivity contribution in [1.82, 2.24) is 9.80 Å². The molecule has 3 heterocycles. The van der Waals surface area contributed by atoms with Gasteiger partial charge in [-0.2, -0.15) is 11.3 Å². The van der Waals surface area contributed by atoms with E-state index in [0.29, 0.717) is 0 Å². The molecule has 19 heavy (non-hydrogen) atoms. The Kier molecular flexibility index (Phi) is 3.94. The molecule has 2 fully saturated rings. The van der Waals surface area contributed by atoms with Crippen LogP contribution >= 0.6 is 11.3 Å². The van der Waals surface area contributed by atoms with Gasteiger partial charge in [0.2, 0.25) is 0 Å². The molecule has 2 N–H and O–H groups in total. The highest BCUT2D eigenvalue weighted by atomic mass is 32.1. The first kappa shape index (κ1) is 13.6. The second-order valence-electron chi connectivity index (χ2n) is 6.20. The Hall–Kier alpha value is -0.420. The zero-order valence-corrected chi connectivity index (χ0v) is 12.7. The van der Waals surface area contributed by atoms with Crippen molar-refractivity contribution in [3.05, 3.63) is 22.4 Å². The zero-order chi connectivity index (χ0) is 13.3. The van der Waals surface area contributed by atoms with Gasteiger partial charge < -0.3 is 10.6 Å². The number of nitrogens with two attached hydrogens (primary N) is 1. The van der Waals surface area contributed by atoms with Gasteiger partial charge in [-0.15, -0.1) is 0 Å². The quantitative estimate of drug-likeness (QED) is 0.916. The number of thiophene rings is 1. The normalized spacial score (nSPS) is 31.8. The lowest BCUT2D eigenvalue weighted by molar-refractivity contribution is 0.0221. The summed E-state index contributed by atoms with van der Waals surface area (Å²) in [7, 11) is 2.26. The average molecular weight is 279 g/mol. The Morgan fingerprint density at radius 1 is 1.53 bits per heavy atom. The molecule has 0 bridgehead atoms. The molecule has 2 unspecified atom stereocenters. The van der Waals surface area contributed by atoms with E-state index in [4.69, 9.17) is 5.73 Å². The summed E-state index contributed by atoms with van der Waals surface area (Å²) >= 11 is 1.78. The number of rotatable bonds is 4. The predicted molar refractivity (Wildman–Crippen MR) is 81.4 cm³/mol. The van der Waals surface area contributed by atoms with Crippen molar-refractivity contribution < 1.29 is 0 Å². The van der Waals surface area contributed by atoms with Gasteiger partial charge in [-0.3, -0.25) is 4.90 Å². The minimum atomic E-state index is 0.216. The fraction of sp³-hybridized carbons (Fsp3) is 0.733. The summed E-state index contributed by atoms with van der Waals surface area (Å²) in [4.78, 5) is 5.19. The third-order valence-electron chi connectivity index (χ3n) is 5.17. The Balaban J connectivity index is 1.71. The van der Waals surface area contributed by atoms with Gasteiger partial charge in [0, 0.05) is 31.2 Å². The zero-order valence-electron chi connectivity index (χ0n) is 11.8. The van der Waals surface area contributed by atoms with E-state index >= 15 is 0 Å². The molecule has 106 valence electrons. The van der Waals surface area contributed by atoms with E-state index in [-0.39, 0.29) is 5.54 Å². The molecule has 4 heteroatoms. The summed E-state index contributed by atoms with van der Waals surface area (Å²) in [6.07, 6.45) is 5.22. The molecule has 2 atom stereocenters. The lowest BCUT2D eigenvalue weighted by atomic mass is 9.81. The number of nitrogens with zero attached hydrogens (tertiary/aromatic N) is 2. The molecule has 0 aromatic carbocycles. The first-order chi connectivity index (χ1) is 9.23. The highest BCUT2D eigenvalue weighted by Gasteiger charge is 2.42. The molecule has 0 saturated carbocycles. The minimum Gasteiger partial charge on any atom is -0.329 e. The first-order valence-electron chi connectivity index (χ1n) is 7.40. The summed E-state index contributed by atoms with van der Waals surface area (Å²) in [5.74, 6) is 0. The van der Waals surface area contributed by atoms with Crippen LogP contribution in [0.2, 0.25) is 0 Å². The van der Waals surface area contributed by atoms with Crippen molar-refractivity contribution in [2.24, 2.45) is 5.73 Å². The lowest BCUT2D eigenvalue weighted by Crippen LogP contribution is -2.59. The molecule has 2 aliphatic heterocycles. The third-order valence-corrected chi connectivity index (χ3v) is 5.90. The van der Waals surface area contributed by atoms with E-state index in [1.807, 2.05) is 0 Å². The van der Waals surface area contributed by atoms with Gasteiger partial charge in [0.25, 0.3) is 0 Å². The molecule has 1 aromatic rings. The van der Waals surface area contributed by atoms with Crippen LogP contribution in [0.4, 0.5) is 0 Å². The molecular formula is C15H25N3S. The van der Waals surface area contributed by atoms with Crippen LogP contribution < -0.4 is 5.73 Å². The molecule has 3 rings (SSSR count). The minimum absolute atomic E-state index is 0.216. The lowest BCUT2D eigenvalue weighted by Gasteiger charge is -2.49. The van der Waals surface area contributed by atoms with Crippen LogP contribution in [0.5, 0.6) is 0 Å². The molecule has 0 radical (unpaired) electrons. The average Bonchev–Trinajstić information content (AvgIpc) is 3.08. The van der Waals surface area contributed by atoms with Crippen LogP contribution in [0.1, 0.15) is 31.2 Å². The van der Waals surface area contributed by atoms with Crippen molar-refractivity contribution in [1.29, 1.82) is 0 Å². The van der Waals surface area contributed by atoms with Crippen molar-refractivity contribution in [2.45, 2.75) is 43.8 Å². The topological polar surface area (TPSA) is 32.5 Å². The Morgan fingerprint density at radius 3 is 3.16 bits per heavy atom. The van der Waals surface area contributed by atoms with Gasteiger partial charge in [0.15, 0.2) is 0 Å². The van der Waals surface area contributed by atoms with Crippen molar-refractivity contribution in [2.75, 3.05) is 26.7 Å². The van der Waals surface area contributed by atoms with Gasteiger partial charge in [-0.1, -0.05) is 0 Å². The molecule has 0 aliphatic carbocycles. The van der Waals surface area contributed by atoms with Gasteiger partial charge in [-0.05, 0) is 61.7 Å². The number of fused-ring (bicyclic) bond motifs is 1.